The van der Waals surface area contributed by atoms with Crippen molar-refractivity contribution < 1.29 is 9.59 Å². The molecule has 0 aromatic carbocycles. The van der Waals surface area contributed by atoms with Gasteiger partial charge in [-0.1, -0.05) is 19.3 Å². The summed E-state index contributed by atoms with van der Waals surface area (Å²) in [6, 6.07) is 0. The lowest BCUT2D eigenvalue weighted by Crippen LogP contribution is -2.41. The van der Waals surface area contributed by atoms with Gasteiger partial charge in [-0.05, 0) is 12.8 Å². The molecule has 2 amide bonds. The van der Waals surface area contributed by atoms with Crippen LogP contribution in [-0.2, 0) is 16.6 Å². The molecule has 128 valence electrons. The summed E-state index contributed by atoms with van der Waals surface area (Å²) < 4.78 is 1.59. The van der Waals surface area contributed by atoms with Crippen molar-refractivity contribution in [2.75, 3.05) is 24.1 Å². The molecule has 1 aliphatic heterocycles. The van der Waals surface area contributed by atoms with Gasteiger partial charge in [0.1, 0.15) is 11.3 Å². The van der Waals surface area contributed by atoms with Crippen molar-refractivity contribution in [3.8, 4) is 0 Å². The number of nitrogens with zero attached hydrogens (tertiary/aromatic N) is 4. The number of aromatic nitrogens is 3. The minimum Gasteiger partial charge on any atom is -0.382 e. The van der Waals surface area contributed by atoms with Gasteiger partial charge in [-0.2, -0.15) is 5.10 Å². The molecule has 0 aliphatic carbocycles. The monoisotopic (exact) mass is 330 g/mol. The van der Waals surface area contributed by atoms with E-state index in [1.165, 1.54) is 12.6 Å². The van der Waals surface area contributed by atoms with Gasteiger partial charge < -0.3 is 16.0 Å². The molecule has 0 atom stereocenters. The quantitative estimate of drug-likeness (QED) is 0.766. The second-order valence-corrected chi connectivity index (χ2v) is 6.10. The van der Waals surface area contributed by atoms with Gasteiger partial charge in [-0.15, -0.1) is 0 Å². The number of nitrogens with one attached hydrogen (secondary N) is 1. The fourth-order valence-electron chi connectivity index (χ4n) is 3.07. The smallest absolute Gasteiger partial charge is 0.313 e. The fourth-order valence-corrected chi connectivity index (χ4v) is 3.07. The van der Waals surface area contributed by atoms with E-state index < -0.39 is 11.8 Å². The third kappa shape index (κ3) is 3.17. The highest BCUT2D eigenvalue weighted by Gasteiger charge is 2.23. The lowest BCUT2D eigenvalue weighted by Gasteiger charge is -2.24. The van der Waals surface area contributed by atoms with Crippen LogP contribution in [0.5, 0.6) is 0 Å². The maximum absolute atomic E-state index is 12.4. The average molecular weight is 330 g/mol. The van der Waals surface area contributed by atoms with E-state index in [-0.39, 0.29) is 0 Å². The Bertz CT molecular complexity index is 761. The molecule has 24 heavy (non-hydrogen) atoms. The van der Waals surface area contributed by atoms with Gasteiger partial charge in [0.2, 0.25) is 0 Å². The van der Waals surface area contributed by atoms with E-state index in [4.69, 9.17) is 5.73 Å². The van der Waals surface area contributed by atoms with Crippen molar-refractivity contribution in [1.82, 2.24) is 19.7 Å². The van der Waals surface area contributed by atoms with Crippen LogP contribution in [0.3, 0.4) is 0 Å². The number of fused-ring (bicyclic) bond motifs is 1. The van der Waals surface area contributed by atoms with Crippen molar-refractivity contribution in [3.05, 3.63) is 12.4 Å². The number of nitrogen functional groups attached to an aromatic ring is 1. The summed E-state index contributed by atoms with van der Waals surface area (Å²) in [5.41, 5.74) is 6.92. The lowest BCUT2D eigenvalue weighted by atomic mass is 10.1. The summed E-state index contributed by atoms with van der Waals surface area (Å²) >= 11 is 0. The number of nitrogens with two attached hydrogens (primary N) is 1. The van der Waals surface area contributed by atoms with Crippen molar-refractivity contribution in [2.24, 2.45) is 7.05 Å². The summed E-state index contributed by atoms with van der Waals surface area (Å²) in [7, 11) is 1.75. The predicted octanol–water partition coefficient (Wildman–Crippen LogP) is 1.28. The first-order valence-electron chi connectivity index (χ1n) is 8.24. The number of hydrogen-bond acceptors (Lipinski definition) is 5. The summed E-state index contributed by atoms with van der Waals surface area (Å²) in [5, 5.41) is 7.45. The Balaban J connectivity index is 1.77. The van der Waals surface area contributed by atoms with Crippen LogP contribution in [0.2, 0.25) is 0 Å². The van der Waals surface area contributed by atoms with E-state index in [0.29, 0.717) is 35.5 Å². The number of anilines is 2. The standard InChI is InChI=1S/C16H22N6O2/c1-21-13-11(9-19-21)12(10-18-14(13)17)20-15(23)16(24)22-7-5-3-2-4-6-8-22/h9-10H,2-8H2,1H3,(H2,17,18)(H,20,23). The van der Waals surface area contributed by atoms with Crippen LogP contribution in [-0.4, -0.2) is 44.6 Å². The highest BCUT2D eigenvalue weighted by atomic mass is 16.2. The van der Waals surface area contributed by atoms with Crippen LogP contribution < -0.4 is 11.1 Å². The molecule has 0 unspecified atom stereocenters. The lowest BCUT2D eigenvalue weighted by molar-refractivity contribution is -0.143. The molecule has 2 aromatic heterocycles. The molecular formula is C16H22N6O2. The molecule has 8 nitrogen and oxygen atoms in total. The van der Waals surface area contributed by atoms with Gasteiger partial charge in [0.15, 0.2) is 0 Å². The first kappa shape index (κ1) is 16.2. The zero-order chi connectivity index (χ0) is 17.1. The third-order valence-corrected chi connectivity index (χ3v) is 4.39. The molecule has 0 spiro atoms. The number of rotatable bonds is 1. The van der Waals surface area contributed by atoms with E-state index >= 15 is 0 Å². The number of pyridine rings is 1. The van der Waals surface area contributed by atoms with E-state index in [1.807, 2.05) is 0 Å². The van der Waals surface area contributed by atoms with Gasteiger partial charge in [0.25, 0.3) is 0 Å². The van der Waals surface area contributed by atoms with E-state index in [0.717, 1.165) is 25.7 Å². The minimum absolute atomic E-state index is 0.332. The SMILES string of the molecule is Cn1ncc2c(NC(=O)C(=O)N3CCCCCCC3)cnc(N)c21. The second kappa shape index (κ2) is 6.86. The molecule has 3 N–H and O–H groups in total. The van der Waals surface area contributed by atoms with Crippen LogP contribution in [0.1, 0.15) is 32.1 Å². The Labute approximate surface area is 140 Å². The summed E-state index contributed by atoms with van der Waals surface area (Å²) in [6.07, 6.45) is 8.34. The van der Waals surface area contributed by atoms with Crippen LogP contribution >= 0.6 is 0 Å². The molecule has 0 saturated carbocycles. The zero-order valence-corrected chi connectivity index (χ0v) is 13.8. The Hall–Kier alpha value is -2.64. The Morgan fingerprint density at radius 2 is 1.79 bits per heavy atom. The predicted molar refractivity (Wildman–Crippen MR) is 91.2 cm³/mol. The molecule has 1 saturated heterocycles. The second-order valence-electron chi connectivity index (χ2n) is 6.10. The van der Waals surface area contributed by atoms with E-state index in [2.05, 4.69) is 15.4 Å². The van der Waals surface area contributed by atoms with Crippen LogP contribution in [0, 0.1) is 0 Å². The third-order valence-electron chi connectivity index (χ3n) is 4.39. The number of hydrogen-bond donors (Lipinski definition) is 2. The van der Waals surface area contributed by atoms with Gasteiger partial charge in [0.05, 0.1) is 18.1 Å². The van der Waals surface area contributed by atoms with Gasteiger partial charge in [0, 0.05) is 25.5 Å². The normalized spacial score (nSPS) is 15.8. The van der Waals surface area contributed by atoms with Crippen LogP contribution in [0.4, 0.5) is 11.5 Å². The maximum atomic E-state index is 12.4. The van der Waals surface area contributed by atoms with E-state index in [1.54, 1.807) is 22.8 Å². The molecule has 1 aliphatic rings. The van der Waals surface area contributed by atoms with Crippen molar-refractivity contribution in [2.45, 2.75) is 32.1 Å². The number of aryl methyl sites for hydroxylation is 1. The molecule has 0 bridgehead atoms. The molecule has 2 aromatic rings. The molecule has 3 rings (SSSR count). The topological polar surface area (TPSA) is 106 Å². The number of likely N-dealkylation sites (tertiary alicyclic amines) is 1. The Morgan fingerprint density at radius 1 is 1.12 bits per heavy atom. The minimum atomic E-state index is -0.646. The van der Waals surface area contributed by atoms with Crippen molar-refractivity contribution >= 4 is 34.2 Å². The largest absolute Gasteiger partial charge is 0.382 e. The van der Waals surface area contributed by atoms with Gasteiger partial charge in [-0.3, -0.25) is 14.3 Å². The van der Waals surface area contributed by atoms with Crippen molar-refractivity contribution in [1.29, 1.82) is 0 Å². The van der Waals surface area contributed by atoms with Crippen molar-refractivity contribution in [3.63, 3.8) is 0 Å². The molecular weight excluding hydrogens is 308 g/mol. The first-order chi connectivity index (χ1) is 11.6. The molecule has 0 radical (unpaired) electrons. The summed E-state index contributed by atoms with van der Waals surface area (Å²) in [5.74, 6) is -0.809. The molecule has 1 fully saturated rings. The highest BCUT2D eigenvalue weighted by molar-refractivity contribution is 6.40. The summed E-state index contributed by atoms with van der Waals surface area (Å²) in [4.78, 5) is 30.5. The Kier molecular flexibility index (Phi) is 4.64. The van der Waals surface area contributed by atoms with Gasteiger partial charge in [-0.25, -0.2) is 4.98 Å². The van der Waals surface area contributed by atoms with E-state index in [9.17, 15) is 9.59 Å². The highest BCUT2D eigenvalue weighted by Crippen LogP contribution is 2.25. The average Bonchev–Trinajstić information content (AvgIpc) is 2.92. The number of carbonyl (C=O) groups excluding carboxylic acids is 2. The fraction of sp³-hybridized carbons (Fsp3) is 0.500. The zero-order valence-electron chi connectivity index (χ0n) is 13.8. The maximum Gasteiger partial charge on any atom is 0.313 e. The number of carbonyl (C=O) groups is 2. The van der Waals surface area contributed by atoms with Crippen LogP contribution in [0.15, 0.2) is 12.4 Å². The van der Waals surface area contributed by atoms with Gasteiger partial charge >= 0.3 is 11.8 Å². The molecule has 3 heterocycles. The first-order valence-corrected chi connectivity index (χ1v) is 8.24. The van der Waals surface area contributed by atoms with Crippen LogP contribution in [0.25, 0.3) is 10.9 Å². The number of amides is 2. The molecule has 8 heteroatoms. The Morgan fingerprint density at radius 3 is 2.50 bits per heavy atom. The summed E-state index contributed by atoms with van der Waals surface area (Å²) in [6.45, 7) is 1.27.